The fourth-order valence-electron chi connectivity index (χ4n) is 7.17. The number of halogens is 2. The first-order valence-corrected chi connectivity index (χ1v) is 22.8. The van der Waals surface area contributed by atoms with Crippen molar-refractivity contribution in [2.75, 3.05) is 0 Å². The molecule has 0 heterocycles. The lowest BCUT2D eigenvalue weighted by Crippen LogP contribution is -2.02. The summed E-state index contributed by atoms with van der Waals surface area (Å²) in [4.78, 5) is 0. The highest BCUT2D eigenvalue weighted by Gasteiger charge is 2.14. The molecular weight excluding hydrogens is 928 g/mol. The summed E-state index contributed by atoms with van der Waals surface area (Å²) in [6.07, 6.45) is 0. The van der Waals surface area contributed by atoms with Gasteiger partial charge in [-0.3, -0.25) is 0 Å². The average molecular weight is 977 g/mol. The third kappa shape index (κ3) is 13.4. The predicted octanol–water partition coefficient (Wildman–Crippen LogP) is 14.6. The number of hydrogen-bond donors (Lipinski definition) is 0. The lowest BCUT2D eigenvalue weighted by atomic mass is 9.96. The van der Waals surface area contributed by atoms with E-state index in [-0.39, 0.29) is 0 Å². The number of hydrogen-bond acceptors (Lipinski definition) is 6. The maximum atomic E-state index is 6.48. The average Bonchev–Trinajstić information content (AvgIpc) is 3.33. The first-order chi connectivity index (χ1) is 31.5. The molecular formula is C56H48Br2O6. The van der Waals surface area contributed by atoms with E-state index in [0.717, 1.165) is 87.6 Å². The molecule has 0 saturated heterocycles. The van der Waals surface area contributed by atoms with E-state index < -0.39 is 0 Å². The minimum atomic E-state index is 0.359. The Balaban J connectivity index is 0.959. The molecule has 0 aliphatic rings. The Hall–Kier alpha value is -6.16. The summed E-state index contributed by atoms with van der Waals surface area (Å²) in [5.41, 5.74) is 10.5. The second-order valence-electron chi connectivity index (χ2n) is 15.3. The van der Waals surface area contributed by atoms with Gasteiger partial charge in [0.25, 0.3) is 0 Å². The first kappa shape index (κ1) is 44.4. The Kier molecular flexibility index (Phi) is 16.0. The zero-order chi connectivity index (χ0) is 43.8. The SMILES string of the molecule is Brc1ccc(-c2ccc(Br)cc2COCc2cc(OCc3ccccc3)cc(OCc3ccccc3)c2)c(COCc2cc(OCc3ccccc3)cc(OCc3ccccc3)c2)c1. The fraction of sp³-hybridized carbons (Fsp3) is 0.143. The van der Waals surface area contributed by atoms with Crippen molar-refractivity contribution in [3.63, 3.8) is 0 Å². The van der Waals surface area contributed by atoms with Gasteiger partial charge in [0.05, 0.1) is 26.4 Å². The molecule has 0 unspecified atom stereocenters. The molecule has 0 bridgehead atoms. The van der Waals surface area contributed by atoms with E-state index in [1.54, 1.807) is 0 Å². The molecule has 0 fully saturated rings. The molecule has 0 amide bonds. The van der Waals surface area contributed by atoms with Crippen LogP contribution in [0.1, 0.15) is 44.5 Å². The Morgan fingerprint density at radius 1 is 0.266 bits per heavy atom. The van der Waals surface area contributed by atoms with Crippen LogP contribution >= 0.6 is 31.9 Å². The molecule has 0 aromatic heterocycles. The normalized spacial score (nSPS) is 11.0. The van der Waals surface area contributed by atoms with Crippen molar-refractivity contribution in [3.05, 3.63) is 248 Å². The van der Waals surface area contributed by atoms with Crippen LogP contribution in [0.3, 0.4) is 0 Å². The topological polar surface area (TPSA) is 55.4 Å². The molecule has 0 atom stereocenters. The molecule has 0 radical (unpaired) electrons. The van der Waals surface area contributed by atoms with Crippen molar-refractivity contribution >= 4 is 31.9 Å². The quantitative estimate of drug-likeness (QED) is 0.0715. The molecule has 64 heavy (non-hydrogen) atoms. The summed E-state index contributed by atoms with van der Waals surface area (Å²) >= 11 is 7.43. The van der Waals surface area contributed by atoms with Crippen molar-refractivity contribution in [3.8, 4) is 34.1 Å². The summed E-state index contributed by atoms with van der Waals surface area (Å²) in [5.74, 6) is 2.88. The number of benzene rings is 8. The molecule has 8 rings (SSSR count). The van der Waals surface area contributed by atoms with Gasteiger partial charge in [-0.2, -0.15) is 0 Å². The van der Waals surface area contributed by atoms with E-state index in [2.05, 4.69) is 117 Å². The van der Waals surface area contributed by atoms with Crippen molar-refractivity contribution in [2.45, 2.75) is 52.9 Å². The molecule has 6 nitrogen and oxygen atoms in total. The van der Waals surface area contributed by atoms with Crippen LogP contribution in [-0.4, -0.2) is 0 Å². The van der Waals surface area contributed by atoms with Crippen molar-refractivity contribution in [1.29, 1.82) is 0 Å². The standard InChI is InChI=1S/C56H48Br2O6/c57-49-21-23-55(47(29-49)39-59-33-45-25-51(61-35-41-13-5-1-6-14-41)31-52(26-45)62-36-42-15-7-2-8-16-42)56-24-22-50(58)30-48(56)40-60-34-46-27-53(63-37-43-17-9-3-10-18-43)32-54(28-46)64-38-44-19-11-4-12-20-44/h1-32H,33-40H2. The van der Waals surface area contributed by atoms with Crippen molar-refractivity contribution in [1.82, 2.24) is 0 Å². The van der Waals surface area contributed by atoms with E-state index >= 15 is 0 Å². The van der Waals surface area contributed by atoms with Crippen LogP contribution < -0.4 is 18.9 Å². The monoisotopic (exact) mass is 974 g/mol. The van der Waals surface area contributed by atoms with Gasteiger partial charge in [-0.15, -0.1) is 0 Å². The number of ether oxygens (including phenoxy) is 6. The lowest BCUT2D eigenvalue weighted by Gasteiger charge is -2.17. The zero-order valence-electron chi connectivity index (χ0n) is 35.3. The van der Waals surface area contributed by atoms with E-state index in [1.165, 1.54) is 0 Å². The van der Waals surface area contributed by atoms with Crippen LogP contribution in [0.25, 0.3) is 11.1 Å². The summed E-state index contributed by atoms with van der Waals surface area (Å²) in [7, 11) is 0. The van der Waals surface area contributed by atoms with E-state index in [9.17, 15) is 0 Å². The second kappa shape index (κ2) is 23.0. The van der Waals surface area contributed by atoms with Crippen LogP contribution in [0.4, 0.5) is 0 Å². The summed E-state index contributed by atoms with van der Waals surface area (Å²) in [6.45, 7) is 3.26. The smallest absolute Gasteiger partial charge is 0.123 e. The van der Waals surface area contributed by atoms with Gasteiger partial charge in [0.2, 0.25) is 0 Å². The highest BCUT2D eigenvalue weighted by atomic mass is 79.9. The Labute approximate surface area is 392 Å². The molecule has 322 valence electrons. The van der Waals surface area contributed by atoms with Gasteiger partial charge in [-0.05, 0) is 104 Å². The maximum Gasteiger partial charge on any atom is 0.123 e. The van der Waals surface area contributed by atoms with Crippen LogP contribution in [0, 0.1) is 0 Å². The molecule has 8 heteroatoms. The third-order valence-electron chi connectivity index (χ3n) is 10.4. The minimum absolute atomic E-state index is 0.359. The molecule has 0 saturated carbocycles. The zero-order valence-corrected chi connectivity index (χ0v) is 38.5. The van der Waals surface area contributed by atoms with Gasteiger partial charge in [-0.1, -0.05) is 165 Å². The van der Waals surface area contributed by atoms with Crippen LogP contribution in [0.2, 0.25) is 0 Å². The Morgan fingerprint density at radius 2 is 0.562 bits per heavy atom. The molecule has 0 aliphatic carbocycles. The van der Waals surface area contributed by atoms with Crippen molar-refractivity contribution in [2.24, 2.45) is 0 Å². The summed E-state index contributed by atoms with van der Waals surface area (Å²) < 4.78 is 40.0. The fourth-order valence-corrected chi connectivity index (χ4v) is 7.99. The molecule has 8 aromatic carbocycles. The minimum Gasteiger partial charge on any atom is -0.489 e. The van der Waals surface area contributed by atoms with Crippen LogP contribution in [0.15, 0.2) is 203 Å². The molecule has 0 N–H and O–H groups in total. The molecule has 0 aliphatic heterocycles. The summed E-state index contributed by atoms with van der Waals surface area (Å²) in [6, 6.07) is 65.2. The number of rotatable bonds is 21. The van der Waals surface area contributed by atoms with Crippen molar-refractivity contribution < 1.29 is 28.4 Å². The summed E-state index contributed by atoms with van der Waals surface area (Å²) in [5, 5.41) is 0. The second-order valence-corrected chi connectivity index (χ2v) is 17.1. The van der Waals surface area contributed by atoms with E-state index in [1.807, 2.05) is 109 Å². The van der Waals surface area contributed by atoms with Gasteiger partial charge in [-0.25, -0.2) is 0 Å². The lowest BCUT2D eigenvalue weighted by molar-refractivity contribution is 0.106. The van der Waals surface area contributed by atoms with E-state index in [0.29, 0.717) is 52.9 Å². The highest BCUT2D eigenvalue weighted by molar-refractivity contribution is 9.10. The van der Waals surface area contributed by atoms with Gasteiger partial charge in [0.1, 0.15) is 49.4 Å². The third-order valence-corrected chi connectivity index (χ3v) is 11.3. The molecule has 8 aromatic rings. The predicted molar refractivity (Wildman–Crippen MR) is 260 cm³/mol. The Bertz CT molecular complexity index is 2380. The van der Waals surface area contributed by atoms with Gasteiger partial charge in [0.15, 0.2) is 0 Å². The maximum absolute atomic E-state index is 6.48. The highest BCUT2D eigenvalue weighted by Crippen LogP contribution is 2.34. The van der Waals surface area contributed by atoms with Gasteiger partial charge in [0, 0.05) is 21.1 Å². The first-order valence-electron chi connectivity index (χ1n) is 21.2. The van der Waals surface area contributed by atoms with Crippen LogP contribution in [0.5, 0.6) is 23.0 Å². The van der Waals surface area contributed by atoms with Gasteiger partial charge >= 0.3 is 0 Å². The van der Waals surface area contributed by atoms with Gasteiger partial charge < -0.3 is 28.4 Å². The molecule has 0 spiro atoms. The van der Waals surface area contributed by atoms with Crippen LogP contribution in [-0.2, 0) is 62.3 Å². The Morgan fingerprint density at radius 3 is 0.859 bits per heavy atom. The largest absolute Gasteiger partial charge is 0.489 e. The van der Waals surface area contributed by atoms with E-state index in [4.69, 9.17) is 28.4 Å².